The van der Waals surface area contributed by atoms with Crippen LogP contribution in [0.2, 0.25) is 0 Å². The van der Waals surface area contributed by atoms with Gasteiger partial charge in [-0.1, -0.05) is 24.3 Å². The largest absolute Gasteiger partial charge is 0.506 e. The number of halogens is 1. The van der Waals surface area contributed by atoms with Crippen LogP contribution in [0.25, 0.3) is 0 Å². The highest BCUT2D eigenvalue weighted by molar-refractivity contribution is 5.94. The molecule has 1 aliphatic rings. The molecule has 160 valence electrons. The minimum absolute atomic E-state index is 0.0452. The van der Waals surface area contributed by atoms with Crippen LogP contribution in [0.5, 0.6) is 5.75 Å². The fourth-order valence-corrected chi connectivity index (χ4v) is 3.70. The number of likely N-dealkylation sites (tertiary alicyclic amines) is 1. The summed E-state index contributed by atoms with van der Waals surface area (Å²) < 4.78 is 13.1. The van der Waals surface area contributed by atoms with Gasteiger partial charge in [0.25, 0.3) is 0 Å². The van der Waals surface area contributed by atoms with Gasteiger partial charge in [0.1, 0.15) is 11.6 Å². The number of nitrogens with one attached hydrogen (secondary N) is 2. The highest BCUT2D eigenvalue weighted by Gasteiger charge is 2.30. The Morgan fingerprint density at radius 2 is 1.70 bits per heavy atom. The molecule has 6 nitrogen and oxygen atoms in total. The van der Waals surface area contributed by atoms with Crippen molar-refractivity contribution < 1.29 is 19.1 Å². The zero-order valence-corrected chi connectivity index (χ0v) is 17.3. The van der Waals surface area contributed by atoms with Crippen molar-refractivity contribution in [3.8, 4) is 5.75 Å². The lowest BCUT2D eigenvalue weighted by molar-refractivity contribution is -0.127. The number of hydrogen-bond donors (Lipinski definition) is 3. The number of nitrogens with zero attached hydrogens (tertiary/aromatic N) is 1. The van der Waals surface area contributed by atoms with E-state index in [4.69, 9.17) is 0 Å². The van der Waals surface area contributed by atoms with Crippen LogP contribution in [0.4, 0.5) is 10.1 Å². The first-order chi connectivity index (χ1) is 14.3. The van der Waals surface area contributed by atoms with Gasteiger partial charge >= 0.3 is 0 Å². The number of para-hydroxylation sites is 2. The highest BCUT2D eigenvalue weighted by atomic mass is 19.1. The van der Waals surface area contributed by atoms with Gasteiger partial charge in [0.2, 0.25) is 11.8 Å². The van der Waals surface area contributed by atoms with Gasteiger partial charge in [-0.3, -0.25) is 14.5 Å². The molecule has 0 radical (unpaired) electrons. The van der Waals surface area contributed by atoms with Crippen molar-refractivity contribution in [3.05, 3.63) is 59.9 Å². The Bertz CT molecular complexity index is 880. The summed E-state index contributed by atoms with van der Waals surface area (Å²) >= 11 is 0. The van der Waals surface area contributed by atoms with Gasteiger partial charge in [-0.15, -0.1) is 0 Å². The first-order valence-electron chi connectivity index (χ1n) is 10.2. The maximum atomic E-state index is 13.1. The molecule has 0 saturated carbocycles. The van der Waals surface area contributed by atoms with Crippen LogP contribution in [0.15, 0.2) is 48.5 Å². The summed E-state index contributed by atoms with van der Waals surface area (Å²) in [4.78, 5) is 27.2. The monoisotopic (exact) mass is 413 g/mol. The van der Waals surface area contributed by atoms with Crippen molar-refractivity contribution in [2.45, 2.75) is 38.8 Å². The van der Waals surface area contributed by atoms with Gasteiger partial charge in [0.05, 0.1) is 17.8 Å². The van der Waals surface area contributed by atoms with Gasteiger partial charge in [0.15, 0.2) is 0 Å². The van der Waals surface area contributed by atoms with Crippen LogP contribution < -0.4 is 10.6 Å². The molecule has 1 aliphatic heterocycles. The molecule has 1 fully saturated rings. The fourth-order valence-electron chi connectivity index (χ4n) is 3.70. The molecule has 0 spiro atoms. The van der Waals surface area contributed by atoms with E-state index in [1.54, 1.807) is 30.3 Å². The summed E-state index contributed by atoms with van der Waals surface area (Å²) in [6, 6.07) is 12.2. The molecule has 3 N–H and O–H groups in total. The minimum Gasteiger partial charge on any atom is -0.506 e. The van der Waals surface area contributed by atoms with Crippen molar-refractivity contribution in [2.75, 3.05) is 18.4 Å². The van der Waals surface area contributed by atoms with E-state index >= 15 is 0 Å². The first-order valence-corrected chi connectivity index (χ1v) is 10.2. The molecule has 2 atom stereocenters. The van der Waals surface area contributed by atoms with E-state index in [9.17, 15) is 19.1 Å². The normalized spacial score (nSPS) is 17.2. The molecule has 2 aromatic carbocycles. The number of anilines is 1. The van der Waals surface area contributed by atoms with E-state index in [1.165, 1.54) is 18.2 Å². The van der Waals surface area contributed by atoms with E-state index in [1.807, 2.05) is 13.8 Å². The van der Waals surface area contributed by atoms with Crippen LogP contribution in [0.3, 0.4) is 0 Å². The Labute approximate surface area is 176 Å². The summed E-state index contributed by atoms with van der Waals surface area (Å²) in [5.74, 6) is -0.625. The summed E-state index contributed by atoms with van der Waals surface area (Å²) in [7, 11) is 0. The van der Waals surface area contributed by atoms with Gasteiger partial charge in [-0.25, -0.2) is 4.39 Å². The molecular formula is C23H28FN3O3. The zero-order valence-electron chi connectivity index (χ0n) is 17.3. The van der Waals surface area contributed by atoms with Crippen molar-refractivity contribution in [1.29, 1.82) is 0 Å². The van der Waals surface area contributed by atoms with Gasteiger partial charge in [-0.2, -0.15) is 0 Å². The number of rotatable bonds is 6. The topological polar surface area (TPSA) is 81.7 Å². The molecule has 7 heteroatoms. The first kappa shape index (κ1) is 21.8. The molecule has 3 rings (SSSR count). The summed E-state index contributed by atoms with van der Waals surface area (Å²) in [5, 5.41) is 15.6. The minimum atomic E-state index is -0.324. The maximum Gasteiger partial charge on any atom is 0.237 e. The van der Waals surface area contributed by atoms with Crippen LogP contribution >= 0.6 is 0 Å². The van der Waals surface area contributed by atoms with E-state index in [2.05, 4.69) is 15.5 Å². The van der Waals surface area contributed by atoms with Gasteiger partial charge in [-0.05, 0) is 69.6 Å². The Morgan fingerprint density at radius 1 is 1.07 bits per heavy atom. The lowest BCUT2D eigenvalue weighted by Crippen LogP contribution is -2.49. The lowest BCUT2D eigenvalue weighted by atomic mass is 9.94. The SMILES string of the molecule is C[C@H](NC(=O)[C@@H](C)N1CCC(C(=O)Nc2ccccc2O)CC1)c1ccc(F)cc1. The summed E-state index contributed by atoms with van der Waals surface area (Å²) in [6.07, 6.45) is 1.29. The Hall–Kier alpha value is -2.93. The molecule has 0 aliphatic carbocycles. The highest BCUT2D eigenvalue weighted by Crippen LogP contribution is 2.25. The molecule has 30 heavy (non-hydrogen) atoms. The second-order valence-corrected chi connectivity index (χ2v) is 7.77. The average Bonchev–Trinajstić information content (AvgIpc) is 2.75. The van der Waals surface area contributed by atoms with Crippen molar-refractivity contribution in [3.63, 3.8) is 0 Å². The van der Waals surface area contributed by atoms with E-state index in [0.29, 0.717) is 31.6 Å². The second-order valence-electron chi connectivity index (χ2n) is 7.77. The van der Waals surface area contributed by atoms with Crippen LogP contribution in [0, 0.1) is 11.7 Å². The Balaban J connectivity index is 1.49. The number of amides is 2. The van der Waals surface area contributed by atoms with Crippen LogP contribution in [-0.4, -0.2) is 41.0 Å². The smallest absolute Gasteiger partial charge is 0.237 e. The van der Waals surface area contributed by atoms with E-state index in [-0.39, 0.29) is 41.4 Å². The number of benzene rings is 2. The average molecular weight is 413 g/mol. The Morgan fingerprint density at radius 3 is 2.33 bits per heavy atom. The quantitative estimate of drug-likeness (QED) is 0.634. The van der Waals surface area contributed by atoms with Crippen molar-refractivity contribution in [2.24, 2.45) is 5.92 Å². The number of carbonyl (C=O) groups excluding carboxylic acids is 2. The molecular weight excluding hydrogens is 385 g/mol. The number of phenols is 1. The molecule has 2 amide bonds. The second kappa shape index (κ2) is 9.71. The third kappa shape index (κ3) is 5.36. The standard InChI is InChI=1S/C23H28FN3O3/c1-15(17-7-9-19(24)10-8-17)25-22(29)16(2)27-13-11-18(12-14-27)23(30)26-20-5-3-4-6-21(20)28/h3-10,15-16,18,28H,11-14H2,1-2H3,(H,25,29)(H,26,30)/t15-,16+/m0/s1. The molecule has 0 unspecified atom stereocenters. The molecule has 1 saturated heterocycles. The number of hydrogen-bond acceptors (Lipinski definition) is 4. The molecule has 0 aromatic heterocycles. The molecule has 2 aromatic rings. The molecule has 1 heterocycles. The predicted octanol–water partition coefficient (Wildman–Crippen LogP) is 3.45. The van der Waals surface area contributed by atoms with Crippen LogP contribution in [-0.2, 0) is 9.59 Å². The van der Waals surface area contributed by atoms with Gasteiger partial charge < -0.3 is 15.7 Å². The lowest BCUT2D eigenvalue weighted by Gasteiger charge is -2.35. The van der Waals surface area contributed by atoms with Gasteiger partial charge in [0, 0.05) is 5.92 Å². The van der Waals surface area contributed by atoms with E-state index in [0.717, 1.165) is 5.56 Å². The summed E-state index contributed by atoms with van der Waals surface area (Å²) in [5.41, 5.74) is 1.25. The van der Waals surface area contributed by atoms with Crippen molar-refractivity contribution in [1.82, 2.24) is 10.2 Å². The third-order valence-electron chi connectivity index (χ3n) is 5.72. The number of carbonyl (C=O) groups is 2. The fraction of sp³-hybridized carbons (Fsp3) is 0.391. The third-order valence-corrected chi connectivity index (χ3v) is 5.72. The van der Waals surface area contributed by atoms with Crippen molar-refractivity contribution >= 4 is 17.5 Å². The predicted molar refractivity (Wildman–Crippen MR) is 113 cm³/mol. The summed E-state index contributed by atoms with van der Waals surface area (Å²) in [6.45, 7) is 5.00. The maximum absolute atomic E-state index is 13.1. The Kier molecular flexibility index (Phi) is 7.05. The number of piperidine rings is 1. The zero-order chi connectivity index (χ0) is 21.7. The molecule has 0 bridgehead atoms. The van der Waals surface area contributed by atoms with Crippen LogP contribution in [0.1, 0.15) is 38.3 Å². The van der Waals surface area contributed by atoms with E-state index < -0.39 is 0 Å². The number of aromatic hydroxyl groups is 1. The number of phenolic OH excluding ortho intramolecular Hbond substituents is 1.